The standard InChI is InChI=1S/C13H22F2O4/c1-8(2)6-12(5)9(18-11(3,4)19-12)13(17,7-16)10(14)15/h6,9-10,16-17H,7H2,1-5H3/t9-,12-,13?/m0/s1. The number of halogens is 2. The molecule has 0 aromatic heterocycles. The average Bonchev–Trinajstić information content (AvgIpc) is 2.46. The number of aliphatic hydroxyl groups is 2. The second-order valence-electron chi connectivity index (χ2n) is 5.86. The summed E-state index contributed by atoms with van der Waals surface area (Å²) in [6.45, 7) is 7.18. The second-order valence-corrected chi connectivity index (χ2v) is 5.86. The molecule has 1 rings (SSSR count). The molecule has 0 saturated carbocycles. The van der Waals surface area contributed by atoms with Crippen LogP contribution in [0.2, 0.25) is 0 Å². The molecule has 0 radical (unpaired) electrons. The van der Waals surface area contributed by atoms with Crippen LogP contribution < -0.4 is 0 Å². The smallest absolute Gasteiger partial charge is 0.271 e. The fourth-order valence-corrected chi connectivity index (χ4v) is 2.55. The third-order valence-corrected chi connectivity index (χ3v) is 3.05. The fourth-order valence-electron chi connectivity index (χ4n) is 2.55. The summed E-state index contributed by atoms with van der Waals surface area (Å²) >= 11 is 0. The van der Waals surface area contributed by atoms with Gasteiger partial charge < -0.3 is 19.7 Å². The zero-order valence-corrected chi connectivity index (χ0v) is 11.9. The first-order valence-electron chi connectivity index (χ1n) is 6.12. The predicted octanol–water partition coefficient (Wildman–Crippen LogP) is 1.85. The molecule has 1 aliphatic heterocycles. The lowest BCUT2D eigenvalue weighted by atomic mass is 9.84. The Morgan fingerprint density at radius 3 is 2.26 bits per heavy atom. The molecular weight excluding hydrogens is 258 g/mol. The molecular formula is C13H22F2O4. The van der Waals surface area contributed by atoms with Crippen molar-refractivity contribution in [3.05, 3.63) is 11.6 Å². The molecule has 1 aliphatic rings. The summed E-state index contributed by atoms with van der Waals surface area (Å²) in [6, 6.07) is 0. The van der Waals surface area contributed by atoms with Crippen LogP contribution in [0.5, 0.6) is 0 Å². The topological polar surface area (TPSA) is 58.9 Å². The van der Waals surface area contributed by atoms with Crippen LogP contribution in [0.4, 0.5) is 8.78 Å². The molecule has 1 fully saturated rings. The molecule has 112 valence electrons. The normalized spacial score (nSPS) is 33.3. The summed E-state index contributed by atoms with van der Waals surface area (Å²) in [7, 11) is 0. The van der Waals surface area contributed by atoms with Crippen LogP contribution >= 0.6 is 0 Å². The fraction of sp³-hybridized carbons (Fsp3) is 0.846. The zero-order chi connectivity index (χ0) is 15.1. The van der Waals surface area contributed by atoms with Crippen molar-refractivity contribution in [2.45, 2.75) is 64.1 Å². The maximum absolute atomic E-state index is 13.1. The van der Waals surface area contributed by atoms with Crippen molar-refractivity contribution in [2.75, 3.05) is 6.61 Å². The van der Waals surface area contributed by atoms with Crippen molar-refractivity contribution in [1.82, 2.24) is 0 Å². The van der Waals surface area contributed by atoms with Crippen molar-refractivity contribution in [1.29, 1.82) is 0 Å². The molecule has 0 bridgehead atoms. The van der Waals surface area contributed by atoms with E-state index in [9.17, 15) is 13.9 Å². The van der Waals surface area contributed by atoms with Crippen LogP contribution in [-0.4, -0.2) is 46.3 Å². The second kappa shape index (κ2) is 5.09. The summed E-state index contributed by atoms with van der Waals surface area (Å²) < 4.78 is 37.3. The first-order valence-corrected chi connectivity index (χ1v) is 6.12. The molecule has 6 heteroatoms. The van der Waals surface area contributed by atoms with Crippen LogP contribution in [0.1, 0.15) is 34.6 Å². The molecule has 3 atom stereocenters. The molecule has 1 saturated heterocycles. The summed E-state index contributed by atoms with van der Waals surface area (Å²) in [4.78, 5) is 0. The van der Waals surface area contributed by atoms with E-state index in [1.807, 2.05) is 0 Å². The van der Waals surface area contributed by atoms with Crippen molar-refractivity contribution >= 4 is 0 Å². The minimum absolute atomic E-state index is 0.836. The van der Waals surface area contributed by atoms with E-state index in [0.29, 0.717) is 0 Å². The summed E-state index contributed by atoms with van der Waals surface area (Å²) in [5.74, 6) is -1.12. The van der Waals surface area contributed by atoms with Gasteiger partial charge in [0.05, 0.1) is 6.61 Å². The summed E-state index contributed by atoms with van der Waals surface area (Å²) in [5, 5.41) is 19.2. The lowest BCUT2D eigenvalue weighted by molar-refractivity contribution is -0.213. The Hall–Kier alpha value is -0.560. The summed E-state index contributed by atoms with van der Waals surface area (Å²) in [6.07, 6.45) is -2.89. The molecule has 0 aromatic carbocycles. The maximum Gasteiger partial charge on any atom is 0.271 e. The van der Waals surface area contributed by atoms with E-state index in [-0.39, 0.29) is 0 Å². The van der Waals surface area contributed by atoms with Gasteiger partial charge in [0.25, 0.3) is 6.43 Å². The van der Waals surface area contributed by atoms with Crippen molar-refractivity contribution in [3.8, 4) is 0 Å². The van der Waals surface area contributed by atoms with E-state index < -0.39 is 36.1 Å². The molecule has 2 N–H and O–H groups in total. The van der Waals surface area contributed by atoms with Gasteiger partial charge in [-0.1, -0.05) is 11.6 Å². The van der Waals surface area contributed by atoms with Crippen molar-refractivity contribution in [3.63, 3.8) is 0 Å². The Morgan fingerprint density at radius 1 is 1.37 bits per heavy atom. The Balaban J connectivity index is 3.26. The quantitative estimate of drug-likeness (QED) is 0.772. The Morgan fingerprint density at radius 2 is 1.89 bits per heavy atom. The number of hydrogen-bond donors (Lipinski definition) is 2. The monoisotopic (exact) mass is 280 g/mol. The van der Waals surface area contributed by atoms with Gasteiger partial charge in [0.1, 0.15) is 11.7 Å². The molecule has 0 spiro atoms. The van der Waals surface area contributed by atoms with Crippen LogP contribution in [0, 0.1) is 0 Å². The number of ether oxygens (including phenoxy) is 2. The number of hydrogen-bond acceptors (Lipinski definition) is 4. The van der Waals surface area contributed by atoms with Gasteiger partial charge in [-0.25, -0.2) is 8.78 Å². The molecule has 0 aliphatic carbocycles. The first kappa shape index (κ1) is 16.5. The highest BCUT2D eigenvalue weighted by Gasteiger charge is 2.61. The minimum atomic E-state index is -3.15. The van der Waals surface area contributed by atoms with E-state index in [0.717, 1.165) is 5.57 Å². The van der Waals surface area contributed by atoms with Gasteiger partial charge in [-0.2, -0.15) is 0 Å². The van der Waals surface area contributed by atoms with Gasteiger partial charge in [-0.05, 0) is 34.6 Å². The third kappa shape index (κ3) is 3.13. The Kier molecular flexibility index (Phi) is 4.42. The highest BCUT2D eigenvalue weighted by atomic mass is 19.3. The van der Waals surface area contributed by atoms with Crippen molar-refractivity contribution < 1.29 is 28.5 Å². The van der Waals surface area contributed by atoms with Crippen molar-refractivity contribution in [2.24, 2.45) is 0 Å². The van der Waals surface area contributed by atoms with Gasteiger partial charge in [0.2, 0.25) is 0 Å². The number of aliphatic hydroxyl groups excluding tert-OH is 1. The van der Waals surface area contributed by atoms with Crippen LogP contribution in [-0.2, 0) is 9.47 Å². The van der Waals surface area contributed by atoms with Gasteiger partial charge in [0.15, 0.2) is 11.4 Å². The van der Waals surface area contributed by atoms with E-state index in [4.69, 9.17) is 14.6 Å². The molecule has 4 nitrogen and oxygen atoms in total. The molecule has 1 heterocycles. The number of allylic oxidation sites excluding steroid dienone is 1. The highest BCUT2D eigenvalue weighted by molar-refractivity contribution is 5.17. The highest BCUT2D eigenvalue weighted by Crippen LogP contribution is 2.44. The van der Waals surface area contributed by atoms with Gasteiger partial charge in [0, 0.05) is 0 Å². The van der Waals surface area contributed by atoms with Crippen LogP contribution in [0.25, 0.3) is 0 Å². The third-order valence-electron chi connectivity index (χ3n) is 3.05. The molecule has 19 heavy (non-hydrogen) atoms. The number of rotatable bonds is 4. The van der Waals surface area contributed by atoms with E-state index >= 15 is 0 Å². The first-order chi connectivity index (χ1) is 8.47. The van der Waals surface area contributed by atoms with E-state index in [1.54, 1.807) is 40.7 Å². The van der Waals surface area contributed by atoms with Crippen LogP contribution in [0.15, 0.2) is 11.6 Å². The van der Waals surface area contributed by atoms with Crippen LogP contribution in [0.3, 0.4) is 0 Å². The zero-order valence-electron chi connectivity index (χ0n) is 11.9. The Bertz CT molecular complexity index is 366. The number of alkyl halides is 2. The lowest BCUT2D eigenvalue weighted by Crippen LogP contribution is -2.59. The minimum Gasteiger partial charge on any atom is -0.393 e. The molecule has 0 amide bonds. The SMILES string of the molecule is CC(C)=C[C@]1(C)OC(C)(C)O[C@@H]1C(O)(CO)C(F)F. The molecule has 0 aromatic rings. The van der Waals surface area contributed by atoms with E-state index in [2.05, 4.69) is 0 Å². The Labute approximate surface area is 112 Å². The van der Waals surface area contributed by atoms with Gasteiger partial charge in [-0.3, -0.25) is 0 Å². The van der Waals surface area contributed by atoms with Gasteiger partial charge in [-0.15, -0.1) is 0 Å². The van der Waals surface area contributed by atoms with E-state index in [1.165, 1.54) is 0 Å². The largest absolute Gasteiger partial charge is 0.393 e. The summed E-state index contributed by atoms with van der Waals surface area (Å²) in [5.41, 5.74) is -3.08. The lowest BCUT2D eigenvalue weighted by Gasteiger charge is -2.37. The maximum atomic E-state index is 13.1. The average molecular weight is 280 g/mol. The predicted molar refractivity (Wildman–Crippen MR) is 65.9 cm³/mol. The molecule has 1 unspecified atom stereocenters. The van der Waals surface area contributed by atoms with Gasteiger partial charge >= 0.3 is 0 Å².